The lowest BCUT2D eigenvalue weighted by atomic mass is 10.1. The van der Waals surface area contributed by atoms with Gasteiger partial charge in [0.25, 0.3) is 0 Å². The molecule has 0 unspecified atom stereocenters. The monoisotopic (exact) mass is 234 g/mol. The van der Waals surface area contributed by atoms with Gasteiger partial charge in [-0.3, -0.25) is 4.79 Å². The summed E-state index contributed by atoms with van der Waals surface area (Å²) in [5, 5.41) is 8.75. The third-order valence-electron chi connectivity index (χ3n) is 2.48. The number of hydrogen-bond donors (Lipinski definition) is 2. The summed E-state index contributed by atoms with van der Waals surface area (Å²) in [4.78, 5) is 17.5. The highest BCUT2D eigenvalue weighted by Gasteiger charge is 2.12. The number of benzene rings is 1. The van der Waals surface area contributed by atoms with Gasteiger partial charge in [-0.15, -0.1) is 0 Å². The largest absolute Gasteiger partial charge is 0.481 e. The SMILES string of the molecule is Cc1cc(-c2nc[nH]c2CC(=O)O)ccc1F. The van der Waals surface area contributed by atoms with Crippen LogP contribution in [-0.2, 0) is 11.2 Å². The van der Waals surface area contributed by atoms with Crippen LogP contribution in [0, 0.1) is 12.7 Å². The molecule has 0 amide bonds. The van der Waals surface area contributed by atoms with Crippen molar-refractivity contribution in [1.82, 2.24) is 9.97 Å². The molecule has 0 aliphatic heterocycles. The normalized spacial score (nSPS) is 10.5. The summed E-state index contributed by atoms with van der Waals surface area (Å²) < 4.78 is 13.1. The minimum atomic E-state index is -0.936. The van der Waals surface area contributed by atoms with Crippen molar-refractivity contribution >= 4 is 5.97 Å². The Bertz CT molecular complexity index is 563. The van der Waals surface area contributed by atoms with Crippen LogP contribution in [0.4, 0.5) is 4.39 Å². The molecule has 0 bridgehead atoms. The van der Waals surface area contributed by atoms with Gasteiger partial charge in [-0.1, -0.05) is 0 Å². The van der Waals surface area contributed by atoms with Gasteiger partial charge in [0, 0.05) is 5.56 Å². The van der Waals surface area contributed by atoms with Gasteiger partial charge in [-0.05, 0) is 30.7 Å². The minimum Gasteiger partial charge on any atom is -0.481 e. The number of hydrogen-bond acceptors (Lipinski definition) is 2. The lowest BCUT2D eigenvalue weighted by Gasteiger charge is -2.03. The van der Waals surface area contributed by atoms with E-state index >= 15 is 0 Å². The molecule has 0 aliphatic rings. The maximum atomic E-state index is 13.1. The van der Waals surface area contributed by atoms with E-state index in [-0.39, 0.29) is 12.2 Å². The Morgan fingerprint density at radius 1 is 1.53 bits per heavy atom. The van der Waals surface area contributed by atoms with Crippen molar-refractivity contribution in [3.05, 3.63) is 41.6 Å². The Kier molecular flexibility index (Phi) is 2.91. The van der Waals surface area contributed by atoms with Gasteiger partial charge >= 0.3 is 5.97 Å². The first kappa shape index (κ1) is 11.3. The first-order valence-electron chi connectivity index (χ1n) is 5.08. The zero-order chi connectivity index (χ0) is 12.4. The number of halogens is 1. The topological polar surface area (TPSA) is 66.0 Å². The van der Waals surface area contributed by atoms with Crippen molar-refractivity contribution in [3.63, 3.8) is 0 Å². The van der Waals surface area contributed by atoms with Crippen LogP contribution in [0.25, 0.3) is 11.3 Å². The fourth-order valence-electron chi connectivity index (χ4n) is 1.65. The third-order valence-corrected chi connectivity index (χ3v) is 2.48. The van der Waals surface area contributed by atoms with Gasteiger partial charge < -0.3 is 10.1 Å². The molecule has 4 nitrogen and oxygen atoms in total. The molecule has 0 atom stereocenters. The molecule has 2 rings (SSSR count). The Hall–Kier alpha value is -2.17. The standard InChI is InChI=1S/C12H11FN2O2/c1-7-4-8(2-3-9(7)13)12-10(5-11(16)17)14-6-15-12/h2-4,6H,5H2,1H3,(H,14,15)(H,16,17). The lowest BCUT2D eigenvalue weighted by Crippen LogP contribution is -2.02. The fourth-order valence-corrected chi connectivity index (χ4v) is 1.65. The van der Waals surface area contributed by atoms with Crippen molar-refractivity contribution in [2.45, 2.75) is 13.3 Å². The number of rotatable bonds is 3. The number of aromatic nitrogens is 2. The maximum absolute atomic E-state index is 13.1. The second-order valence-electron chi connectivity index (χ2n) is 3.76. The number of aryl methyl sites for hydroxylation is 1. The van der Waals surface area contributed by atoms with E-state index in [0.29, 0.717) is 22.5 Å². The first-order chi connectivity index (χ1) is 8.08. The lowest BCUT2D eigenvalue weighted by molar-refractivity contribution is -0.136. The van der Waals surface area contributed by atoms with Crippen LogP contribution in [0.15, 0.2) is 24.5 Å². The Morgan fingerprint density at radius 2 is 2.29 bits per heavy atom. The second kappa shape index (κ2) is 4.37. The van der Waals surface area contributed by atoms with Crippen molar-refractivity contribution in [2.75, 3.05) is 0 Å². The Balaban J connectivity index is 2.42. The number of imidazole rings is 1. The molecule has 0 radical (unpaired) electrons. The van der Waals surface area contributed by atoms with Gasteiger partial charge in [0.2, 0.25) is 0 Å². The van der Waals surface area contributed by atoms with E-state index in [4.69, 9.17) is 5.11 Å². The number of carbonyl (C=O) groups is 1. The van der Waals surface area contributed by atoms with E-state index in [0.717, 1.165) is 0 Å². The summed E-state index contributed by atoms with van der Waals surface area (Å²) in [5.41, 5.74) is 2.28. The van der Waals surface area contributed by atoms with E-state index < -0.39 is 5.97 Å². The van der Waals surface area contributed by atoms with E-state index in [1.807, 2.05) is 0 Å². The van der Waals surface area contributed by atoms with E-state index in [1.54, 1.807) is 19.1 Å². The van der Waals surface area contributed by atoms with Crippen LogP contribution in [0.5, 0.6) is 0 Å². The van der Waals surface area contributed by atoms with Gasteiger partial charge in [0.1, 0.15) is 5.82 Å². The predicted octanol–water partition coefficient (Wildman–Crippen LogP) is 2.15. The number of carboxylic acids is 1. The highest BCUT2D eigenvalue weighted by Crippen LogP contribution is 2.22. The van der Waals surface area contributed by atoms with Gasteiger partial charge in [0.05, 0.1) is 24.1 Å². The van der Waals surface area contributed by atoms with Crippen molar-refractivity contribution in [3.8, 4) is 11.3 Å². The highest BCUT2D eigenvalue weighted by atomic mass is 19.1. The number of aromatic amines is 1. The predicted molar refractivity (Wildman–Crippen MR) is 60.1 cm³/mol. The van der Waals surface area contributed by atoms with Crippen molar-refractivity contribution in [1.29, 1.82) is 0 Å². The maximum Gasteiger partial charge on any atom is 0.309 e. The Labute approximate surface area is 97.1 Å². The van der Waals surface area contributed by atoms with Crippen LogP contribution < -0.4 is 0 Å². The number of nitrogens with one attached hydrogen (secondary N) is 1. The quantitative estimate of drug-likeness (QED) is 0.855. The van der Waals surface area contributed by atoms with Gasteiger partial charge in [0.15, 0.2) is 0 Å². The smallest absolute Gasteiger partial charge is 0.309 e. The van der Waals surface area contributed by atoms with Crippen molar-refractivity contribution < 1.29 is 14.3 Å². The van der Waals surface area contributed by atoms with E-state index in [2.05, 4.69) is 9.97 Å². The molecule has 1 heterocycles. The van der Waals surface area contributed by atoms with Crippen LogP contribution in [0.1, 0.15) is 11.3 Å². The fraction of sp³-hybridized carbons (Fsp3) is 0.167. The summed E-state index contributed by atoms with van der Waals surface area (Å²) in [6, 6.07) is 4.59. The second-order valence-corrected chi connectivity index (χ2v) is 3.76. The molecule has 2 aromatic rings. The highest BCUT2D eigenvalue weighted by molar-refractivity contribution is 5.74. The van der Waals surface area contributed by atoms with Crippen LogP contribution >= 0.6 is 0 Å². The van der Waals surface area contributed by atoms with Crippen LogP contribution in [0.2, 0.25) is 0 Å². The zero-order valence-corrected chi connectivity index (χ0v) is 9.20. The average molecular weight is 234 g/mol. The molecule has 0 saturated carbocycles. The molecular formula is C12H11FN2O2. The summed E-state index contributed by atoms with van der Waals surface area (Å²) >= 11 is 0. The number of carboxylic acid groups (broad SMARTS) is 1. The minimum absolute atomic E-state index is 0.133. The molecule has 88 valence electrons. The number of nitrogens with zero attached hydrogens (tertiary/aromatic N) is 1. The number of aliphatic carboxylic acids is 1. The Morgan fingerprint density at radius 3 is 2.94 bits per heavy atom. The van der Waals surface area contributed by atoms with Crippen LogP contribution in [0.3, 0.4) is 0 Å². The molecule has 1 aromatic heterocycles. The molecule has 0 saturated heterocycles. The summed E-state index contributed by atoms with van der Waals surface area (Å²) in [6.07, 6.45) is 1.30. The molecule has 1 aromatic carbocycles. The summed E-state index contributed by atoms with van der Waals surface area (Å²) in [5.74, 6) is -1.22. The van der Waals surface area contributed by atoms with Gasteiger partial charge in [-0.2, -0.15) is 0 Å². The molecule has 17 heavy (non-hydrogen) atoms. The average Bonchev–Trinajstić information content (AvgIpc) is 2.69. The van der Waals surface area contributed by atoms with E-state index in [9.17, 15) is 9.18 Å². The number of H-pyrrole nitrogens is 1. The molecule has 2 N–H and O–H groups in total. The van der Waals surface area contributed by atoms with Gasteiger partial charge in [-0.25, -0.2) is 9.37 Å². The molecule has 0 aliphatic carbocycles. The van der Waals surface area contributed by atoms with Crippen LogP contribution in [-0.4, -0.2) is 21.0 Å². The van der Waals surface area contributed by atoms with Crippen molar-refractivity contribution in [2.24, 2.45) is 0 Å². The first-order valence-corrected chi connectivity index (χ1v) is 5.08. The molecular weight excluding hydrogens is 223 g/mol. The third kappa shape index (κ3) is 2.33. The molecule has 0 fully saturated rings. The summed E-state index contributed by atoms with van der Waals surface area (Å²) in [7, 11) is 0. The zero-order valence-electron chi connectivity index (χ0n) is 9.20. The van der Waals surface area contributed by atoms with E-state index in [1.165, 1.54) is 12.4 Å². The molecule has 0 spiro atoms. The molecule has 5 heteroatoms. The summed E-state index contributed by atoms with van der Waals surface area (Å²) in [6.45, 7) is 1.66.